The van der Waals surface area contributed by atoms with Gasteiger partial charge >= 0.3 is 25.7 Å². The maximum Gasteiger partial charge on any atom is 0.472 e. The van der Waals surface area contributed by atoms with E-state index in [1.54, 1.807) is 6.08 Å². The molecular weight excluding hydrogens is 773 g/mol. The van der Waals surface area contributed by atoms with E-state index in [-0.39, 0.29) is 12.8 Å². The van der Waals surface area contributed by atoms with E-state index in [2.05, 4.69) is 48.8 Å². The highest BCUT2D eigenvalue weighted by molar-refractivity contribution is 7.47. The Labute approximate surface area is 355 Å². The van der Waals surface area contributed by atoms with Crippen LogP contribution in [-0.4, -0.2) is 71.1 Å². The predicted molar refractivity (Wildman–Crippen MR) is 236 cm³/mol. The minimum absolute atomic E-state index is 0.0603. The summed E-state index contributed by atoms with van der Waals surface area (Å²) in [6, 6.07) is -1.55. The zero-order valence-electron chi connectivity index (χ0n) is 35.9. The number of ether oxygens (including phenoxy) is 2. The fourth-order valence-corrected chi connectivity index (χ4v) is 5.99. The van der Waals surface area contributed by atoms with Crippen molar-refractivity contribution in [3.05, 3.63) is 85.1 Å². The maximum absolute atomic E-state index is 12.6. The number of hydrogen-bond donors (Lipinski definition) is 4. The molecule has 1 unspecified atom stereocenters. The Morgan fingerprint density at radius 3 is 1.73 bits per heavy atom. The summed E-state index contributed by atoms with van der Waals surface area (Å²) in [6.07, 6.45) is 45.4. The highest BCUT2D eigenvalue weighted by atomic mass is 31.2. The highest BCUT2D eigenvalue weighted by Crippen LogP contribution is 2.43. The van der Waals surface area contributed by atoms with E-state index >= 15 is 0 Å². The van der Waals surface area contributed by atoms with Gasteiger partial charge in [0.05, 0.1) is 19.3 Å². The minimum Gasteiger partial charge on any atom is -0.480 e. The smallest absolute Gasteiger partial charge is 0.472 e. The lowest BCUT2D eigenvalue weighted by molar-refractivity contribution is -0.161. The first-order valence-corrected chi connectivity index (χ1v) is 23.2. The Hall–Kier alpha value is -3.38. The second kappa shape index (κ2) is 40.0. The van der Waals surface area contributed by atoms with Gasteiger partial charge in [0.2, 0.25) is 0 Å². The number of phosphoric acid groups is 1. The van der Waals surface area contributed by atoms with Crippen LogP contribution in [0.2, 0.25) is 0 Å². The number of allylic oxidation sites excluding steroid dienone is 12. The van der Waals surface area contributed by atoms with Crippen molar-refractivity contribution < 1.29 is 52.6 Å². The van der Waals surface area contributed by atoms with Gasteiger partial charge in [-0.15, -0.1) is 0 Å². The lowest BCUT2D eigenvalue weighted by atomic mass is 10.1. The summed E-state index contributed by atoms with van der Waals surface area (Å²) >= 11 is 0. The van der Waals surface area contributed by atoms with E-state index < -0.39 is 63.8 Å². The van der Waals surface area contributed by atoms with Crippen LogP contribution in [-0.2, 0) is 37.5 Å². The Balaban J connectivity index is 4.62. The summed E-state index contributed by atoms with van der Waals surface area (Å²) in [4.78, 5) is 45.9. The van der Waals surface area contributed by atoms with Gasteiger partial charge in [0.15, 0.2) is 6.10 Å². The van der Waals surface area contributed by atoms with E-state index in [1.165, 1.54) is 57.8 Å². The third-order valence-electron chi connectivity index (χ3n) is 8.70. The van der Waals surface area contributed by atoms with Gasteiger partial charge in [-0.25, -0.2) is 4.57 Å². The number of hydrogen-bond acceptors (Lipinski definition) is 10. The molecule has 0 heterocycles. The van der Waals surface area contributed by atoms with Crippen LogP contribution in [0, 0.1) is 0 Å². The summed E-state index contributed by atoms with van der Waals surface area (Å²) in [5.74, 6) is -2.58. The van der Waals surface area contributed by atoms with Gasteiger partial charge in [-0.05, 0) is 77.0 Å². The zero-order valence-corrected chi connectivity index (χ0v) is 36.8. The third-order valence-corrected chi connectivity index (χ3v) is 9.65. The largest absolute Gasteiger partial charge is 0.480 e. The highest BCUT2D eigenvalue weighted by Gasteiger charge is 2.28. The molecule has 0 saturated carbocycles. The van der Waals surface area contributed by atoms with E-state index in [4.69, 9.17) is 24.8 Å². The van der Waals surface area contributed by atoms with Crippen molar-refractivity contribution in [2.75, 3.05) is 19.8 Å². The number of aliphatic carboxylic acids is 1. The molecule has 0 aliphatic rings. The molecule has 12 nitrogen and oxygen atoms in total. The number of aliphatic hydroxyl groups excluding tert-OH is 1. The van der Waals surface area contributed by atoms with Crippen molar-refractivity contribution in [3.63, 3.8) is 0 Å². The Kier molecular flexibility index (Phi) is 37.8. The number of carboxylic acids is 1. The van der Waals surface area contributed by atoms with Gasteiger partial charge in [-0.3, -0.25) is 23.4 Å². The fourth-order valence-electron chi connectivity index (χ4n) is 5.21. The topological polar surface area (TPSA) is 192 Å². The van der Waals surface area contributed by atoms with Gasteiger partial charge in [-0.1, -0.05) is 144 Å². The van der Waals surface area contributed by atoms with E-state index in [1.807, 2.05) is 48.6 Å². The van der Waals surface area contributed by atoms with Gasteiger partial charge in [0, 0.05) is 12.8 Å². The molecule has 0 bridgehead atoms. The zero-order chi connectivity index (χ0) is 43.7. The van der Waals surface area contributed by atoms with Gasteiger partial charge in [0.25, 0.3) is 0 Å². The first-order valence-electron chi connectivity index (χ1n) is 21.7. The average Bonchev–Trinajstić information content (AvgIpc) is 3.21. The summed E-state index contributed by atoms with van der Waals surface area (Å²) in [6.45, 7) is 2.56. The number of carbonyl (C=O) groups excluding carboxylic acids is 2. The number of unbranched alkanes of at least 4 members (excludes halogenated alkanes) is 11. The van der Waals surface area contributed by atoms with Gasteiger partial charge in [0.1, 0.15) is 12.6 Å². The van der Waals surface area contributed by atoms with E-state index in [0.29, 0.717) is 38.5 Å². The minimum atomic E-state index is -4.76. The molecule has 59 heavy (non-hydrogen) atoms. The molecule has 0 aliphatic carbocycles. The molecule has 0 rings (SSSR count). The van der Waals surface area contributed by atoms with Gasteiger partial charge < -0.3 is 30.3 Å². The lowest BCUT2D eigenvalue weighted by Gasteiger charge is -2.20. The molecule has 5 N–H and O–H groups in total. The summed E-state index contributed by atoms with van der Waals surface area (Å²) < 4.78 is 32.5. The van der Waals surface area contributed by atoms with Crippen LogP contribution in [0.1, 0.15) is 149 Å². The van der Waals surface area contributed by atoms with Gasteiger partial charge in [-0.2, -0.15) is 0 Å². The van der Waals surface area contributed by atoms with Crippen LogP contribution in [0.4, 0.5) is 0 Å². The Morgan fingerprint density at radius 2 is 1.10 bits per heavy atom. The van der Waals surface area contributed by atoms with Crippen molar-refractivity contribution >= 4 is 25.7 Å². The first kappa shape index (κ1) is 55.6. The van der Waals surface area contributed by atoms with Crippen LogP contribution in [0.5, 0.6) is 0 Å². The van der Waals surface area contributed by atoms with E-state index in [0.717, 1.165) is 25.7 Å². The molecule has 0 amide bonds. The number of rotatable bonds is 39. The molecule has 336 valence electrons. The van der Waals surface area contributed by atoms with Crippen molar-refractivity contribution in [1.82, 2.24) is 0 Å². The quantitative estimate of drug-likeness (QED) is 0.0151. The summed E-state index contributed by atoms with van der Waals surface area (Å²) in [7, 11) is -4.76. The molecule has 4 atom stereocenters. The molecule has 0 aromatic rings. The molecule has 0 fully saturated rings. The van der Waals surface area contributed by atoms with Crippen molar-refractivity contribution in [1.29, 1.82) is 0 Å². The van der Waals surface area contributed by atoms with Crippen LogP contribution in [0.15, 0.2) is 85.1 Å². The fraction of sp³-hybridized carbons (Fsp3) is 0.630. The molecule has 0 radical (unpaired) electrons. The molecule has 0 spiro atoms. The predicted octanol–water partition coefficient (Wildman–Crippen LogP) is 10.5. The maximum atomic E-state index is 12.6. The standard InChI is InChI=1S/C46H76NO11P/c1-3-5-7-9-11-12-13-14-15-16-17-18-19-20-24-29-33-37-45(50)58-42(39-56-59(53,54)57-40-43(47)46(51)52)38-55-44(49)36-32-28-25-21-23-27-31-35-41(48)34-30-26-22-10-8-6-4-2/h14-15,17-18,20-22,24-27,30-31,34,41-43,48H,3-13,16,19,23,28-29,32-33,35-40,47H2,1-2H3,(H,51,52)(H,53,54)/b15-14-,18-17-,24-20-,25-21+,26-22-,31-27-,34-30-/t41-,42-,43+/m1/s1. The monoisotopic (exact) mass is 850 g/mol. The van der Waals surface area contributed by atoms with E-state index in [9.17, 15) is 28.9 Å². The SMILES string of the molecule is CCCCC/C=C\C=C/[C@@H](O)C/C=C\C/C=C/CCCC(=O)OC[C@H](COP(=O)(O)OC[C@H](N)C(=O)O)OC(=O)CCC/C=C\C/C=C\C/C=C\CCCCCCCC. The van der Waals surface area contributed by atoms with Crippen LogP contribution >= 0.6 is 7.82 Å². The lowest BCUT2D eigenvalue weighted by Crippen LogP contribution is -2.34. The number of carboxylic acid groups (broad SMARTS) is 1. The molecule has 0 saturated heterocycles. The van der Waals surface area contributed by atoms with Crippen molar-refractivity contribution in [2.24, 2.45) is 5.73 Å². The average molecular weight is 850 g/mol. The molecule has 0 aromatic carbocycles. The Bertz CT molecular complexity index is 1340. The number of aliphatic hydroxyl groups is 1. The summed E-state index contributed by atoms with van der Waals surface area (Å²) in [5.41, 5.74) is 5.32. The Morgan fingerprint density at radius 1 is 0.610 bits per heavy atom. The third kappa shape index (κ3) is 39.8. The molecule has 0 aromatic heterocycles. The van der Waals surface area contributed by atoms with Crippen LogP contribution in [0.25, 0.3) is 0 Å². The van der Waals surface area contributed by atoms with Crippen molar-refractivity contribution in [2.45, 2.75) is 167 Å². The molecular formula is C46H76NO11P. The first-order chi connectivity index (χ1) is 28.5. The summed E-state index contributed by atoms with van der Waals surface area (Å²) in [5, 5.41) is 18.9. The van der Waals surface area contributed by atoms with Crippen LogP contribution in [0.3, 0.4) is 0 Å². The second-order valence-electron chi connectivity index (χ2n) is 14.3. The number of phosphoric ester groups is 1. The molecule has 0 aliphatic heterocycles. The normalized spacial score (nSPS) is 15.1. The second-order valence-corrected chi connectivity index (χ2v) is 15.8. The van der Waals surface area contributed by atoms with Crippen molar-refractivity contribution in [3.8, 4) is 0 Å². The number of esters is 2. The number of nitrogens with two attached hydrogens (primary N) is 1. The molecule has 13 heteroatoms. The number of carbonyl (C=O) groups is 3. The van der Waals surface area contributed by atoms with Crippen LogP contribution < -0.4 is 5.73 Å².